The maximum Gasteiger partial charge on any atom is 0.325 e. The van der Waals surface area contributed by atoms with Crippen LogP contribution in [0.5, 0.6) is 0 Å². The zero-order chi connectivity index (χ0) is 17.3. The molecule has 3 rings (SSSR count). The number of carbonyl (C=O) groups is 4. The molecule has 1 fully saturated rings. The van der Waals surface area contributed by atoms with E-state index in [-0.39, 0.29) is 0 Å². The van der Waals surface area contributed by atoms with Crippen molar-refractivity contribution in [3.05, 3.63) is 35.4 Å². The van der Waals surface area contributed by atoms with Crippen molar-refractivity contribution in [2.45, 2.75) is 25.3 Å². The SMILES string of the molecule is CCNC(=O)NC(=O)CN1C(=O)N[C@@]2(CCc3ccccc32)C1=O. The second-order valence-electron chi connectivity index (χ2n) is 5.79. The van der Waals surface area contributed by atoms with E-state index in [1.165, 1.54) is 0 Å². The van der Waals surface area contributed by atoms with Crippen molar-refractivity contribution in [2.75, 3.05) is 13.1 Å². The standard InChI is InChI=1S/C16H18N4O4/c1-2-17-14(23)18-12(21)9-20-13(22)16(19-15(20)24)8-7-10-5-3-4-6-11(10)16/h3-6H,2,7-9H2,1H3,(H,19,24)(H2,17,18,21,23)/t16-/m1/s1. The van der Waals surface area contributed by atoms with Gasteiger partial charge < -0.3 is 10.6 Å². The molecule has 0 aromatic heterocycles. The molecule has 1 atom stereocenters. The quantitative estimate of drug-likeness (QED) is 0.689. The minimum absolute atomic E-state index is 0.363. The summed E-state index contributed by atoms with van der Waals surface area (Å²) in [5.74, 6) is -1.17. The van der Waals surface area contributed by atoms with Crippen molar-refractivity contribution < 1.29 is 19.2 Å². The number of imide groups is 2. The van der Waals surface area contributed by atoms with E-state index in [0.717, 1.165) is 16.0 Å². The number of carbonyl (C=O) groups excluding carboxylic acids is 4. The van der Waals surface area contributed by atoms with Gasteiger partial charge in [0.15, 0.2) is 0 Å². The molecule has 1 spiro atoms. The average molecular weight is 330 g/mol. The fourth-order valence-corrected chi connectivity index (χ4v) is 3.25. The second-order valence-corrected chi connectivity index (χ2v) is 5.79. The van der Waals surface area contributed by atoms with Crippen molar-refractivity contribution >= 4 is 23.9 Å². The number of rotatable bonds is 3. The van der Waals surface area contributed by atoms with E-state index >= 15 is 0 Å². The average Bonchev–Trinajstić information content (AvgIpc) is 3.02. The van der Waals surface area contributed by atoms with Crippen molar-refractivity contribution in [3.63, 3.8) is 0 Å². The molecule has 8 nitrogen and oxygen atoms in total. The first kappa shape index (κ1) is 16.0. The Morgan fingerprint density at radius 3 is 2.79 bits per heavy atom. The van der Waals surface area contributed by atoms with Crippen LogP contribution in [0.2, 0.25) is 0 Å². The highest BCUT2D eigenvalue weighted by Gasteiger charge is 2.55. The summed E-state index contributed by atoms with van der Waals surface area (Å²) in [7, 11) is 0. The number of nitrogens with one attached hydrogen (secondary N) is 3. The molecule has 1 heterocycles. The lowest BCUT2D eigenvalue weighted by molar-refractivity contribution is -0.135. The fraction of sp³-hybridized carbons (Fsp3) is 0.375. The number of aryl methyl sites for hydroxylation is 1. The lowest BCUT2D eigenvalue weighted by Crippen LogP contribution is -2.47. The van der Waals surface area contributed by atoms with Gasteiger partial charge in [-0.15, -0.1) is 0 Å². The van der Waals surface area contributed by atoms with Crippen molar-refractivity contribution in [1.29, 1.82) is 0 Å². The highest BCUT2D eigenvalue weighted by atomic mass is 16.2. The predicted octanol–water partition coefficient (Wildman–Crippen LogP) is 0.226. The molecule has 2 aliphatic rings. The molecule has 0 radical (unpaired) electrons. The predicted molar refractivity (Wildman–Crippen MR) is 83.9 cm³/mol. The number of benzene rings is 1. The normalized spacial score (nSPS) is 21.6. The van der Waals surface area contributed by atoms with Crippen LogP contribution in [-0.2, 0) is 21.5 Å². The molecule has 1 aliphatic carbocycles. The summed E-state index contributed by atoms with van der Waals surface area (Å²) in [6.07, 6.45) is 1.15. The molecule has 0 unspecified atom stereocenters. The molecule has 1 aromatic rings. The van der Waals surface area contributed by atoms with Gasteiger partial charge in [-0.1, -0.05) is 24.3 Å². The monoisotopic (exact) mass is 330 g/mol. The van der Waals surface area contributed by atoms with Gasteiger partial charge in [-0.3, -0.25) is 19.8 Å². The van der Waals surface area contributed by atoms with E-state index < -0.39 is 36.0 Å². The van der Waals surface area contributed by atoms with E-state index in [4.69, 9.17) is 0 Å². The highest BCUT2D eigenvalue weighted by molar-refractivity contribution is 6.10. The van der Waals surface area contributed by atoms with Crippen LogP contribution < -0.4 is 16.0 Å². The Hall–Kier alpha value is -2.90. The molecule has 6 amide bonds. The number of amides is 6. The summed E-state index contributed by atoms with van der Waals surface area (Å²) in [5, 5.41) is 7.22. The number of hydrogen-bond donors (Lipinski definition) is 3. The lowest BCUT2D eigenvalue weighted by atomic mass is 9.92. The highest BCUT2D eigenvalue weighted by Crippen LogP contribution is 2.41. The Morgan fingerprint density at radius 2 is 2.04 bits per heavy atom. The van der Waals surface area contributed by atoms with Crippen molar-refractivity contribution in [3.8, 4) is 0 Å². The topological polar surface area (TPSA) is 108 Å². The van der Waals surface area contributed by atoms with Crippen LogP contribution in [0.3, 0.4) is 0 Å². The molecule has 8 heteroatoms. The molecule has 24 heavy (non-hydrogen) atoms. The molecule has 126 valence electrons. The molecular formula is C16H18N4O4. The van der Waals surface area contributed by atoms with Crippen molar-refractivity contribution in [2.24, 2.45) is 0 Å². The Kier molecular flexibility index (Phi) is 3.96. The second kappa shape index (κ2) is 5.95. The maximum absolute atomic E-state index is 12.8. The number of hydrogen-bond acceptors (Lipinski definition) is 4. The number of fused-ring (bicyclic) bond motifs is 2. The summed E-state index contributed by atoms with van der Waals surface area (Å²) in [6, 6.07) is 6.16. The van der Waals surface area contributed by atoms with Gasteiger partial charge in [0.1, 0.15) is 12.1 Å². The summed E-state index contributed by atoms with van der Waals surface area (Å²) >= 11 is 0. The number of nitrogens with zero attached hydrogens (tertiary/aromatic N) is 1. The lowest BCUT2D eigenvalue weighted by Gasteiger charge is -2.22. The first-order chi connectivity index (χ1) is 11.5. The minimum atomic E-state index is -1.10. The first-order valence-corrected chi connectivity index (χ1v) is 7.78. The van der Waals surface area contributed by atoms with E-state index in [1.807, 2.05) is 24.3 Å². The molecule has 1 aromatic carbocycles. The maximum atomic E-state index is 12.8. The van der Waals surface area contributed by atoms with Crippen LogP contribution in [0.15, 0.2) is 24.3 Å². The van der Waals surface area contributed by atoms with Gasteiger partial charge >= 0.3 is 12.1 Å². The van der Waals surface area contributed by atoms with Crippen LogP contribution >= 0.6 is 0 Å². The van der Waals surface area contributed by atoms with Crippen LogP contribution in [0.4, 0.5) is 9.59 Å². The molecular weight excluding hydrogens is 312 g/mol. The zero-order valence-corrected chi connectivity index (χ0v) is 13.2. The Labute approximate surface area is 138 Å². The third-order valence-corrected chi connectivity index (χ3v) is 4.31. The van der Waals surface area contributed by atoms with Gasteiger partial charge in [0.25, 0.3) is 5.91 Å². The Bertz CT molecular complexity index is 733. The Balaban J connectivity index is 1.76. The number of urea groups is 2. The van der Waals surface area contributed by atoms with E-state index in [0.29, 0.717) is 19.4 Å². The molecule has 1 saturated heterocycles. The summed E-state index contributed by atoms with van der Waals surface area (Å²) in [6.45, 7) is 1.58. The van der Waals surface area contributed by atoms with Crippen LogP contribution in [0.1, 0.15) is 24.5 Å². The van der Waals surface area contributed by atoms with Crippen LogP contribution in [-0.4, -0.2) is 41.9 Å². The van der Waals surface area contributed by atoms with Gasteiger partial charge in [0, 0.05) is 6.54 Å². The van der Waals surface area contributed by atoms with Gasteiger partial charge in [-0.25, -0.2) is 9.59 Å². The smallest absolute Gasteiger partial charge is 0.325 e. The van der Waals surface area contributed by atoms with Crippen LogP contribution in [0.25, 0.3) is 0 Å². The van der Waals surface area contributed by atoms with E-state index in [9.17, 15) is 19.2 Å². The van der Waals surface area contributed by atoms with Crippen LogP contribution in [0, 0.1) is 0 Å². The van der Waals surface area contributed by atoms with E-state index in [1.54, 1.807) is 6.92 Å². The minimum Gasteiger partial charge on any atom is -0.338 e. The molecule has 3 N–H and O–H groups in total. The fourth-order valence-electron chi connectivity index (χ4n) is 3.25. The third kappa shape index (κ3) is 2.49. The zero-order valence-electron chi connectivity index (χ0n) is 13.2. The summed E-state index contributed by atoms with van der Waals surface area (Å²) in [4.78, 5) is 49.1. The van der Waals surface area contributed by atoms with Crippen molar-refractivity contribution in [1.82, 2.24) is 20.9 Å². The summed E-state index contributed by atoms with van der Waals surface area (Å²) < 4.78 is 0. The van der Waals surface area contributed by atoms with Gasteiger partial charge in [0.2, 0.25) is 5.91 Å². The van der Waals surface area contributed by atoms with E-state index in [2.05, 4.69) is 16.0 Å². The van der Waals surface area contributed by atoms with Gasteiger partial charge in [0.05, 0.1) is 0 Å². The molecule has 0 saturated carbocycles. The third-order valence-electron chi connectivity index (χ3n) is 4.31. The largest absolute Gasteiger partial charge is 0.338 e. The molecule has 0 bridgehead atoms. The summed E-state index contributed by atoms with van der Waals surface area (Å²) in [5.41, 5.74) is 0.689. The van der Waals surface area contributed by atoms with Gasteiger partial charge in [-0.05, 0) is 30.9 Å². The molecule has 1 aliphatic heterocycles. The first-order valence-electron chi connectivity index (χ1n) is 7.78. The van der Waals surface area contributed by atoms with Gasteiger partial charge in [-0.2, -0.15) is 0 Å². The Morgan fingerprint density at radius 1 is 1.29 bits per heavy atom.